The Bertz CT molecular complexity index is 853. The third kappa shape index (κ3) is 4.32. The highest BCUT2D eigenvalue weighted by Gasteiger charge is 2.23. The molecule has 1 aromatic heterocycles. The van der Waals surface area contributed by atoms with E-state index in [1.165, 1.54) is 5.56 Å². The molecule has 0 saturated heterocycles. The summed E-state index contributed by atoms with van der Waals surface area (Å²) in [5.41, 5.74) is 15.2. The van der Waals surface area contributed by atoms with Crippen molar-refractivity contribution < 1.29 is 9.59 Å². The monoisotopic (exact) mass is 366 g/mol. The Morgan fingerprint density at radius 2 is 1.59 bits per heavy atom. The summed E-state index contributed by atoms with van der Waals surface area (Å²) in [5, 5.41) is 0. The van der Waals surface area contributed by atoms with Gasteiger partial charge in [0, 0.05) is 12.0 Å². The van der Waals surface area contributed by atoms with Crippen LogP contribution in [-0.4, -0.2) is 21.8 Å². The Hall–Kier alpha value is -2.76. The minimum atomic E-state index is -0.564. The molecule has 0 bridgehead atoms. The summed E-state index contributed by atoms with van der Waals surface area (Å²) in [5.74, 6) is 0.170. The van der Waals surface area contributed by atoms with Crippen molar-refractivity contribution in [3.05, 3.63) is 46.9 Å². The maximum absolute atomic E-state index is 11.6. The number of benzene rings is 1. The van der Waals surface area contributed by atoms with Crippen LogP contribution in [0.5, 0.6) is 0 Å². The Kier molecular flexibility index (Phi) is 5.54. The lowest BCUT2D eigenvalue weighted by Gasteiger charge is -2.28. The molecule has 4 N–H and O–H groups in total. The maximum Gasteiger partial charge on any atom is 0.269 e. The second-order valence-corrected chi connectivity index (χ2v) is 7.47. The molecule has 1 aromatic carbocycles. The highest BCUT2D eigenvalue weighted by Crippen LogP contribution is 2.37. The fourth-order valence-corrected chi connectivity index (χ4v) is 4.04. The number of carbonyl (C=O) groups is 2. The van der Waals surface area contributed by atoms with Crippen LogP contribution in [0.1, 0.15) is 65.5 Å². The van der Waals surface area contributed by atoms with Crippen molar-refractivity contribution >= 4 is 11.8 Å². The standard InChI is InChI=1S/C21H26N4O2/c1-12-19(25-20(21(23)27)13(2)24-12)17-9-7-16(8-10-17)15-5-3-14(4-6-15)11-18(22)26/h7-10,14-15H,3-6,11H2,1-2H3,(H2,22,26)(H2,23,27)/t14-,15+. The van der Waals surface area contributed by atoms with Crippen LogP contribution in [-0.2, 0) is 4.79 Å². The molecule has 2 aromatic rings. The number of nitrogens with two attached hydrogens (primary N) is 2. The Labute approximate surface area is 159 Å². The van der Waals surface area contributed by atoms with Gasteiger partial charge in [0.15, 0.2) is 0 Å². The van der Waals surface area contributed by atoms with Crippen LogP contribution in [0.4, 0.5) is 0 Å². The molecule has 0 unspecified atom stereocenters. The first-order valence-corrected chi connectivity index (χ1v) is 9.38. The molecule has 2 amide bonds. The summed E-state index contributed by atoms with van der Waals surface area (Å²) >= 11 is 0. The van der Waals surface area contributed by atoms with Crippen molar-refractivity contribution in [2.45, 2.75) is 51.9 Å². The van der Waals surface area contributed by atoms with E-state index < -0.39 is 5.91 Å². The van der Waals surface area contributed by atoms with E-state index in [0.29, 0.717) is 29.6 Å². The predicted octanol–water partition coefficient (Wildman–Crippen LogP) is 3.01. The molecule has 1 saturated carbocycles. The molecule has 142 valence electrons. The number of nitrogens with zero attached hydrogens (tertiary/aromatic N) is 2. The number of aryl methyl sites for hydroxylation is 2. The molecule has 0 atom stereocenters. The van der Waals surface area contributed by atoms with Crippen molar-refractivity contribution in [2.24, 2.45) is 17.4 Å². The van der Waals surface area contributed by atoms with Crippen LogP contribution in [0.3, 0.4) is 0 Å². The van der Waals surface area contributed by atoms with Gasteiger partial charge in [-0.15, -0.1) is 0 Å². The number of rotatable bonds is 5. The van der Waals surface area contributed by atoms with Crippen LogP contribution in [0, 0.1) is 19.8 Å². The number of aromatic nitrogens is 2. The van der Waals surface area contributed by atoms with E-state index in [2.05, 4.69) is 22.1 Å². The summed E-state index contributed by atoms with van der Waals surface area (Å²) in [4.78, 5) is 31.5. The zero-order valence-electron chi connectivity index (χ0n) is 15.9. The zero-order valence-corrected chi connectivity index (χ0v) is 15.9. The Morgan fingerprint density at radius 1 is 0.963 bits per heavy atom. The van der Waals surface area contributed by atoms with Crippen LogP contribution >= 0.6 is 0 Å². The van der Waals surface area contributed by atoms with Gasteiger partial charge in [-0.05, 0) is 56.9 Å². The number of hydrogen-bond donors (Lipinski definition) is 2. The van der Waals surface area contributed by atoms with E-state index in [1.54, 1.807) is 6.92 Å². The Morgan fingerprint density at radius 3 is 2.15 bits per heavy atom. The fraction of sp³-hybridized carbons (Fsp3) is 0.429. The second-order valence-electron chi connectivity index (χ2n) is 7.47. The van der Waals surface area contributed by atoms with E-state index in [4.69, 9.17) is 11.5 Å². The highest BCUT2D eigenvalue weighted by atomic mass is 16.1. The normalized spacial score (nSPS) is 19.6. The van der Waals surface area contributed by atoms with Gasteiger partial charge in [-0.1, -0.05) is 24.3 Å². The van der Waals surface area contributed by atoms with Gasteiger partial charge in [-0.25, -0.2) is 4.98 Å². The molecule has 1 fully saturated rings. The molecule has 1 aliphatic rings. The molecule has 27 heavy (non-hydrogen) atoms. The van der Waals surface area contributed by atoms with Crippen LogP contribution in [0.25, 0.3) is 11.3 Å². The van der Waals surface area contributed by atoms with Crippen molar-refractivity contribution in [1.29, 1.82) is 0 Å². The first kappa shape index (κ1) is 19.0. The van der Waals surface area contributed by atoms with Crippen LogP contribution in [0.2, 0.25) is 0 Å². The van der Waals surface area contributed by atoms with Crippen LogP contribution < -0.4 is 11.5 Å². The molecule has 0 aliphatic heterocycles. The Balaban J connectivity index is 1.76. The quantitative estimate of drug-likeness (QED) is 0.847. The summed E-state index contributed by atoms with van der Waals surface area (Å²) in [6.45, 7) is 3.62. The largest absolute Gasteiger partial charge is 0.370 e. The van der Waals surface area contributed by atoms with Gasteiger partial charge in [0.1, 0.15) is 5.69 Å². The maximum atomic E-state index is 11.6. The average Bonchev–Trinajstić information content (AvgIpc) is 2.62. The number of amides is 2. The predicted molar refractivity (Wildman–Crippen MR) is 104 cm³/mol. The molecule has 6 nitrogen and oxygen atoms in total. The molecular weight excluding hydrogens is 340 g/mol. The number of hydrogen-bond acceptors (Lipinski definition) is 4. The smallest absolute Gasteiger partial charge is 0.269 e. The van der Waals surface area contributed by atoms with Crippen molar-refractivity contribution in [1.82, 2.24) is 9.97 Å². The van der Waals surface area contributed by atoms with E-state index >= 15 is 0 Å². The van der Waals surface area contributed by atoms with E-state index in [9.17, 15) is 9.59 Å². The van der Waals surface area contributed by atoms with Gasteiger partial charge in [0.05, 0.1) is 17.1 Å². The van der Waals surface area contributed by atoms with Crippen molar-refractivity contribution in [3.8, 4) is 11.3 Å². The van der Waals surface area contributed by atoms with Gasteiger partial charge in [-0.2, -0.15) is 0 Å². The van der Waals surface area contributed by atoms with E-state index in [0.717, 1.165) is 36.9 Å². The highest BCUT2D eigenvalue weighted by molar-refractivity contribution is 5.92. The van der Waals surface area contributed by atoms with Gasteiger partial charge in [0.2, 0.25) is 5.91 Å². The molecule has 0 radical (unpaired) electrons. The van der Waals surface area contributed by atoms with Gasteiger partial charge in [-0.3, -0.25) is 14.6 Å². The summed E-state index contributed by atoms with van der Waals surface area (Å²) in [7, 11) is 0. The number of primary amides is 2. The van der Waals surface area contributed by atoms with Gasteiger partial charge in [0.25, 0.3) is 5.91 Å². The van der Waals surface area contributed by atoms with Gasteiger partial charge < -0.3 is 11.5 Å². The third-order valence-corrected chi connectivity index (χ3v) is 5.47. The lowest BCUT2D eigenvalue weighted by atomic mass is 9.77. The topological polar surface area (TPSA) is 112 Å². The molecule has 3 rings (SSSR count). The summed E-state index contributed by atoms with van der Waals surface area (Å²) in [6.07, 6.45) is 4.73. The fourth-order valence-electron chi connectivity index (χ4n) is 4.04. The second kappa shape index (κ2) is 7.86. The van der Waals surface area contributed by atoms with E-state index in [-0.39, 0.29) is 11.6 Å². The average molecular weight is 366 g/mol. The zero-order chi connectivity index (χ0) is 19.6. The minimum absolute atomic E-state index is 0.201. The SMILES string of the molecule is Cc1nc(C)c(-c2ccc([C@H]3CC[C@@H](CC(N)=O)CC3)cc2)nc1C(N)=O. The lowest BCUT2D eigenvalue weighted by molar-refractivity contribution is -0.119. The van der Waals surface area contributed by atoms with Gasteiger partial charge >= 0.3 is 0 Å². The summed E-state index contributed by atoms with van der Waals surface area (Å²) in [6, 6.07) is 8.31. The number of carbonyl (C=O) groups excluding carboxylic acids is 2. The molecule has 6 heteroatoms. The minimum Gasteiger partial charge on any atom is -0.370 e. The molecule has 1 heterocycles. The first-order chi connectivity index (χ1) is 12.8. The first-order valence-electron chi connectivity index (χ1n) is 9.38. The van der Waals surface area contributed by atoms with Crippen LogP contribution in [0.15, 0.2) is 24.3 Å². The van der Waals surface area contributed by atoms with E-state index in [1.807, 2.05) is 19.1 Å². The van der Waals surface area contributed by atoms with Crippen molar-refractivity contribution in [2.75, 3.05) is 0 Å². The molecule has 0 spiro atoms. The van der Waals surface area contributed by atoms with Crippen molar-refractivity contribution in [3.63, 3.8) is 0 Å². The molecular formula is C21H26N4O2. The third-order valence-electron chi connectivity index (χ3n) is 5.47. The summed E-state index contributed by atoms with van der Waals surface area (Å²) < 4.78 is 0. The lowest BCUT2D eigenvalue weighted by Crippen LogP contribution is -2.20. The molecule has 1 aliphatic carbocycles.